The molecule has 0 aromatic rings. The van der Waals surface area contributed by atoms with Gasteiger partial charge in [0.1, 0.15) is 0 Å². The fourth-order valence-electron chi connectivity index (χ4n) is 1.41. The van der Waals surface area contributed by atoms with Gasteiger partial charge in [0.15, 0.2) is 0 Å². The van der Waals surface area contributed by atoms with Crippen molar-refractivity contribution in [2.75, 3.05) is 0 Å². The minimum Gasteiger partial charge on any atom is -0.412 e. The van der Waals surface area contributed by atoms with Gasteiger partial charge in [-0.25, -0.2) is 0 Å². The Balaban J connectivity index is 0.000001000. The zero-order valence-corrected chi connectivity index (χ0v) is 11.7. The number of rotatable bonds is 1. The quantitative estimate of drug-likeness (QED) is 0.332. The third-order valence-corrected chi connectivity index (χ3v) is 2.16. The molecule has 0 heterocycles. The first kappa shape index (κ1) is 12.7. The Hall–Kier alpha value is 1.75. The predicted molar refractivity (Wildman–Crippen MR) is 50.0 cm³/mol. The third-order valence-electron chi connectivity index (χ3n) is 1.93. The molecule has 1 aliphatic carbocycles. The average molecular weight is 213 g/mol. The van der Waals surface area contributed by atoms with Gasteiger partial charge in [-0.3, -0.25) is 0 Å². The Bertz CT molecular complexity index is 124. The van der Waals surface area contributed by atoms with Gasteiger partial charge in [0.2, 0.25) is 0 Å². The Morgan fingerprint density at radius 2 is 1.82 bits per heavy atom. The van der Waals surface area contributed by atoms with Crippen LogP contribution in [-0.2, 0) is 12.6 Å². The van der Waals surface area contributed by atoms with Crippen LogP contribution in [0.2, 0.25) is 0 Å². The summed E-state index contributed by atoms with van der Waals surface area (Å²) in [4.78, 5) is 0. The van der Waals surface area contributed by atoms with Gasteiger partial charge < -0.3 is 30.2 Å². The molecule has 0 spiro atoms. The fraction of sp³-hybridized carbons (Fsp3) is 0.857. The van der Waals surface area contributed by atoms with Crippen molar-refractivity contribution in [2.24, 2.45) is 0 Å². The SMILES string of the molecule is S=C([S-])NC1CCCCC1.[K+]. The first-order valence-electron chi connectivity index (χ1n) is 3.76. The molecule has 0 aromatic heterocycles. The van der Waals surface area contributed by atoms with E-state index in [1.807, 2.05) is 0 Å². The zero-order chi connectivity index (χ0) is 7.40. The van der Waals surface area contributed by atoms with E-state index < -0.39 is 0 Å². The molecule has 1 fully saturated rings. The van der Waals surface area contributed by atoms with Crippen molar-refractivity contribution in [2.45, 2.75) is 38.1 Å². The Morgan fingerprint density at radius 1 is 1.27 bits per heavy atom. The minimum absolute atomic E-state index is 0. The first-order valence-corrected chi connectivity index (χ1v) is 4.58. The van der Waals surface area contributed by atoms with E-state index in [2.05, 4.69) is 5.32 Å². The first-order chi connectivity index (χ1) is 4.79. The molecular weight excluding hydrogens is 201 g/mol. The molecule has 1 N–H and O–H groups in total. The molecule has 58 valence electrons. The van der Waals surface area contributed by atoms with Gasteiger partial charge >= 0.3 is 51.4 Å². The fourth-order valence-corrected chi connectivity index (χ4v) is 1.75. The molecule has 0 bridgehead atoms. The summed E-state index contributed by atoms with van der Waals surface area (Å²) in [7, 11) is 0. The second-order valence-electron chi connectivity index (χ2n) is 2.77. The average Bonchev–Trinajstić information content (AvgIpc) is 1.88. The summed E-state index contributed by atoms with van der Waals surface area (Å²) >= 11 is 9.56. The molecule has 4 heteroatoms. The second-order valence-corrected chi connectivity index (χ2v) is 3.84. The van der Waals surface area contributed by atoms with Crippen LogP contribution in [0.25, 0.3) is 0 Å². The third kappa shape index (κ3) is 5.90. The van der Waals surface area contributed by atoms with E-state index in [4.69, 9.17) is 24.8 Å². The molecule has 0 aliphatic heterocycles. The molecule has 1 aliphatic rings. The molecule has 11 heavy (non-hydrogen) atoms. The Kier molecular flexibility index (Phi) is 8.32. The minimum atomic E-state index is 0. The van der Waals surface area contributed by atoms with E-state index in [9.17, 15) is 0 Å². The predicted octanol–water partition coefficient (Wildman–Crippen LogP) is -1.26. The van der Waals surface area contributed by atoms with Crippen molar-refractivity contribution in [1.29, 1.82) is 0 Å². The van der Waals surface area contributed by atoms with Crippen LogP contribution in [0.5, 0.6) is 0 Å². The summed E-state index contributed by atoms with van der Waals surface area (Å²) in [6, 6.07) is 0.582. The van der Waals surface area contributed by atoms with Crippen LogP contribution in [0.15, 0.2) is 0 Å². The van der Waals surface area contributed by atoms with Crippen LogP contribution in [0.1, 0.15) is 32.1 Å². The van der Waals surface area contributed by atoms with Crippen molar-refractivity contribution >= 4 is 29.2 Å². The van der Waals surface area contributed by atoms with Crippen molar-refractivity contribution in [1.82, 2.24) is 5.32 Å². The maximum atomic E-state index is 4.78. The summed E-state index contributed by atoms with van der Waals surface area (Å²) in [5.41, 5.74) is 0. The molecular formula is C7H12KNS2. The van der Waals surface area contributed by atoms with Crippen LogP contribution in [0.4, 0.5) is 0 Å². The largest absolute Gasteiger partial charge is 1.00 e. The summed E-state index contributed by atoms with van der Waals surface area (Å²) in [5, 5.41) is 3.13. The molecule has 0 atom stereocenters. The standard InChI is InChI=1S/C7H13NS2.K/c9-7(10)8-6-4-2-1-3-5-6;/h6H,1-5H2,(H2,8,9,10);/q;+1/p-1. The molecule has 1 saturated carbocycles. The van der Waals surface area contributed by atoms with Gasteiger partial charge in [-0.05, 0) is 12.8 Å². The van der Waals surface area contributed by atoms with E-state index in [0.717, 1.165) is 0 Å². The van der Waals surface area contributed by atoms with Crippen molar-refractivity contribution in [3.63, 3.8) is 0 Å². The van der Waals surface area contributed by atoms with Crippen molar-refractivity contribution in [3.05, 3.63) is 0 Å². The number of nitrogens with one attached hydrogen (secondary N) is 1. The molecule has 0 radical (unpaired) electrons. The Labute approximate surface area is 122 Å². The van der Waals surface area contributed by atoms with Gasteiger partial charge in [-0.15, -0.1) is 0 Å². The van der Waals surface area contributed by atoms with Gasteiger partial charge in [0.25, 0.3) is 0 Å². The number of hydrogen-bond acceptors (Lipinski definition) is 2. The summed E-state index contributed by atoms with van der Waals surface area (Å²) in [6.07, 6.45) is 6.53. The molecule has 0 amide bonds. The van der Waals surface area contributed by atoms with E-state index in [1.165, 1.54) is 32.1 Å². The van der Waals surface area contributed by atoms with Crippen LogP contribution >= 0.6 is 12.2 Å². The number of thiocarbonyl (C=S) groups is 1. The van der Waals surface area contributed by atoms with Crippen LogP contribution in [0.3, 0.4) is 0 Å². The molecule has 1 nitrogen and oxygen atoms in total. The van der Waals surface area contributed by atoms with E-state index in [1.54, 1.807) is 0 Å². The molecule has 0 saturated heterocycles. The topological polar surface area (TPSA) is 12.0 Å². The normalized spacial score (nSPS) is 18.5. The number of hydrogen-bond donors (Lipinski definition) is 1. The van der Waals surface area contributed by atoms with Crippen LogP contribution < -0.4 is 56.7 Å². The maximum absolute atomic E-state index is 4.78. The zero-order valence-electron chi connectivity index (χ0n) is 6.93. The van der Waals surface area contributed by atoms with E-state index in [-0.39, 0.29) is 51.4 Å². The Morgan fingerprint density at radius 3 is 2.27 bits per heavy atom. The smallest absolute Gasteiger partial charge is 0.412 e. The van der Waals surface area contributed by atoms with Crippen LogP contribution in [0, 0.1) is 0 Å². The van der Waals surface area contributed by atoms with Crippen molar-refractivity contribution in [3.8, 4) is 0 Å². The van der Waals surface area contributed by atoms with Gasteiger partial charge in [-0.2, -0.15) is 0 Å². The molecule has 0 aromatic carbocycles. The van der Waals surface area contributed by atoms with Gasteiger partial charge in [0, 0.05) is 6.04 Å². The molecule has 1 rings (SSSR count). The summed E-state index contributed by atoms with van der Waals surface area (Å²) in [6.45, 7) is 0. The van der Waals surface area contributed by atoms with Crippen molar-refractivity contribution < 1.29 is 51.4 Å². The maximum Gasteiger partial charge on any atom is 1.00 e. The second kappa shape index (κ2) is 7.18. The summed E-state index contributed by atoms with van der Waals surface area (Å²) in [5.74, 6) is 0. The monoisotopic (exact) mass is 213 g/mol. The van der Waals surface area contributed by atoms with E-state index >= 15 is 0 Å². The van der Waals surface area contributed by atoms with Crippen LogP contribution in [-0.4, -0.2) is 10.4 Å². The van der Waals surface area contributed by atoms with E-state index in [0.29, 0.717) is 10.4 Å². The van der Waals surface area contributed by atoms with Gasteiger partial charge in [-0.1, -0.05) is 23.6 Å². The van der Waals surface area contributed by atoms with Gasteiger partial charge in [0.05, 0.1) is 0 Å². The molecule has 0 unspecified atom stereocenters. The summed E-state index contributed by atoms with van der Waals surface area (Å²) < 4.78 is 0.534.